The van der Waals surface area contributed by atoms with Gasteiger partial charge in [-0.3, -0.25) is 9.69 Å². The largest absolute Gasteiger partial charge is 0.494 e. The Hall–Kier alpha value is -4.04. The van der Waals surface area contributed by atoms with E-state index in [1.54, 1.807) is 18.2 Å². The number of ether oxygens (including phenoxy) is 1. The number of piperazine rings is 1. The summed E-state index contributed by atoms with van der Waals surface area (Å²) in [6.07, 6.45) is 0. The minimum absolute atomic E-state index is 0.0113. The van der Waals surface area contributed by atoms with E-state index in [9.17, 15) is 9.18 Å². The van der Waals surface area contributed by atoms with Gasteiger partial charge in [0.15, 0.2) is 11.6 Å². The standard InChI is InChI=1S/C28H27FN4O3/c1-19-5-3-4-6-23(19)27-31-30-26(36-27)21-8-10-22(11-9-21)28(34)33-15-13-32(14-16-33)18-20-7-12-25(35-2)24(29)17-20/h3-12,17H,13-16,18H2,1-2H3. The molecule has 8 heteroatoms. The first kappa shape index (κ1) is 23.7. The molecule has 2 heterocycles. The summed E-state index contributed by atoms with van der Waals surface area (Å²) in [5.41, 5.74) is 4.22. The van der Waals surface area contributed by atoms with Crippen molar-refractivity contribution in [3.8, 4) is 28.7 Å². The molecule has 3 aromatic carbocycles. The van der Waals surface area contributed by atoms with Gasteiger partial charge in [0.2, 0.25) is 11.8 Å². The van der Waals surface area contributed by atoms with Crippen molar-refractivity contribution in [1.29, 1.82) is 0 Å². The fourth-order valence-corrected chi connectivity index (χ4v) is 4.38. The number of hydrogen-bond donors (Lipinski definition) is 0. The highest BCUT2D eigenvalue weighted by Crippen LogP contribution is 2.26. The van der Waals surface area contributed by atoms with Crippen molar-refractivity contribution in [3.05, 3.63) is 89.2 Å². The molecule has 0 radical (unpaired) electrons. The van der Waals surface area contributed by atoms with Gasteiger partial charge < -0.3 is 14.1 Å². The summed E-state index contributed by atoms with van der Waals surface area (Å²) in [6.45, 7) is 5.30. The van der Waals surface area contributed by atoms with Crippen molar-refractivity contribution in [3.63, 3.8) is 0 Å². The molecule has 1 saturated heterocycles. The molecule has 7 nitrogen and oxygen atoms in total. The van der Waals surface area contributed by atoms with Gasteiger partial charge in [0.25, 0.3) is 5.91 Å². The van der Waals surface area contributed by atoms with Gasteiger partial charge in [0.1, 0.15) is 0 Å². The maximum absolute atomic E-state index is 14.0. The van der Waals surface area contributed by atoms with Gasteiger partial charge >= 0.3 is 0 Å². The van der Waals surface area contributed by atoms with Gasteiger partial charge in [0, 0.05) is 49.4 Å². The Bertz CT molecular complexity index is 1360. The third kappa shape index (κ3) is 4.99. The Morgan fingerprint density at radius 2 is 1.69 bits per heavy atom. The Balaban J connectivity index is 1.19. The summed E-state index contributed by atoms with van der Waals surface area (Å²) in [5.74, 6) is 0.752. The zero-order chi connectivity index (χ0) is 25.1. The van der Waals surface area contributed by atoms with Crippen molar-refractivity contribution < 1.29 is 18.3 Å². The second-order valence-electron chi connectivity index (χ2n) is 8.84. The summed E-state index contributed by atoms with van der Waals surface area (Å²) in [7, 11) is 1.45. The van der Waals surface area contributed by atoms with Crippen LogP contribution in [0.5, 0.6) is 5.75 Å². The fourth-order valence-electron chi connectivity index (χ4n) is 4.38. The summed E-state index contributed by atoms with van der Waals surface area (Å²) in [6, 6.07) is 20.1. The lowest BCUT2D eigenvalue weighted by molar-refractivity contribution is 0.0628. The number of amides is 1. The maximum atomic E-state index is 14.0. The lowest BCUT2D eigenvalue weighted by Gasteiger charge is -2.34. The average molecular weight is 487 g/mol. The van der Waals surface area contributed by atoms with Crippen LogP contribution in [0, 0.1) is 12.7 Å². The second kappa shape index (κ2) is 10.3. The van der Waals surface area contributed by atoms with Crippen LogP contribution in [0.3, 0.4) is 0 Å². The normalized spacial score (nSPS) is 14.1. The van der Waals surface area contributed by atoms with Crippen LogP contribution in [0.25, 0.3) is 22.9 Å². The molecule has 1 aliphatic rings. The number of carbonyl (C=O) groups is 1. The minimum Gasteiger partial charge on any atom is -0.494 e. The molecule has 4 aromatic rings. The molecular formula is C28H27FN4O3. The molecule has 0 N–H and O–H groups in total. The third-order valence-electron chi connectivity index (χ3n) is 6.46. The van der Waals surface area contributed by atoms with E-state index >= 15 is 0 Å². The Morgan fingerprint density at radius 1 is 0.972 bits per heavy atom. The third-order valence-corrected chi connectivity index (χ3v) is 6.46. The van der Waals surface area contributed by atoms with Gasteiger partial charge in [-0.25, -0.2) is 4.39 Å². The summed E-state index contributed by atoms with van der Waals surface area (Å²) in [5, 5.41) is 8.36. The molecule has 0 atom stereocenters. The zero-order valence-corrected chi connectivity index (χ0v) is 20.3. The van der Waals surface area contributed by atoms with Crippen LogP contribution in [0.15, 0.2) is 71.1 Å². The number of methoxy groups -OCH3 is 1. The molecule has 0 saturated carbocycles. The number of hydrogen-bond acceptors (Lipinski definition) is 6. The summed E-state index contributed by atoms with van der Waals surface area (Å²) in [4.78, 5) is 17.1. The molecule has 0 unspecified atom stereocenters. The van der Waals surface area contributed by atoms with Crippen molar-refractivity contribution in [2.24, 2.45) is 0 Å². The summed E-state index contributed by atoms with van der Waals surface area (Å²) >= 11 is 0. The molecule has 36 heavy (non-hydrogen) atoms. The van der Waals surface area contributed by atoms with Crippen LogP contribution in [0.4, 0.5) is 4.39 Å². The van der Waals surface area contributed by atoms with E-state index in [4.69, 9.17) is 9.15 Å². The second-order valence-corrected chi connectivity index (χ2v) is 8.84. The Morgan fingerprint density at radius 3 is 2.39 bits per heavy atom. The number of rotatable bonds is 6. The molecule has 0 bridgehead atoms. The van der Waals surface area contributed by atoms with Gasteiger partial charge in [-0.2, -0.15) is 0 Å². The van der Waals surface area contributed by atoms with E-state index in [0.29, 0.717) is 37.0 Å². The van der Waals surface area contributed by atoms with Crippen LogP contribution < -0.4 is 4.74 Å². The molecule has 1 aliphatic heterocycles. The lowest BCUT2D eigenvalue weighted by Crippen LogP contribution is -2.48. The van der Waals surface area contributed by atoms with Crippen LogP contribution in [-0.2, 0) is 6.54 Å². The van der Waals surface area contributed by atoms with Crippen molar-refractivity contribution >= 4 is 5.91 Å². The highest BCUT2D eigenvalue weighted by atomic mass is 19.1. The molecule has 184 valence electrons. The number of carbonyl (C=O) groups excluding carboxylic acids is 1. The molecule has 1 aromatic heterocycles. The number of nitrogens with zero attached hydrogens (tertiary/aromatic N) is 4. The van der Waals surface area contributed by atoms with E-state index in [1.807, 2.05) is 54.3 Å². The SMILES string of the molecule is COc1ccc(CN2CCN(C(=O)c3ccc(-c4nnc(-c5ccccc5C)o4)cc3)CC2)cc1F. The van der Waals surface area contributed by atoms with E-state index in [0.717, 1.165) is 35.3 Å². The Labute approximate surface area is 209 Å². The van der Waals surface area contributed by atoms with E-state index < -0.39 is 0 Å². The first-order valence-corrected chi connectivity index (χ1v) is 11.9. The number of aromatic nitrogens is 2. The van der Waals surface area contributed by atoms with Crippen molar-refractivity contribution in [2.75, 3.05) is 33.3 Å². The predicted octanol–water partition coefficient (Wildman–Crippen LogP) is 4.82. The topological polar surface area (TPSA) is 71.7 Å². The molecular weight excluding hydrogens is 459 g/mol. The maximum Gasteiger partial charge on any atom is 0.253 e. The fraction of sp³-hybridized carbons (Fsp3) is 0.250. The zero-order valence-electron chi connectivity index (χ0n) is 20.3. The first-order chi connectivity index (χ1) is 17.5. The number of halogens is 1. The first-order valence-electron chi connectivity index (χ1n) is 11.9. The molecule has 1 amide bonds. The molecule has 0 spiro atoms. The van der Waals surface area contributed by atoms with Crippen molar-refractivity contribution in [2.45, 2.75) is 13.5 Å². The van der Waals surface area contributed by atoms with E-state index in [2.05, 4.69) is 15.1 Å². The predicted molar refractivity (Wildman–Crippen MR) is 134 cm³/mol. The number of benzene rings is 3. The molecule has 5 rings (SSSR count). The van der Waals surface area contributed by atoms with Crippen LogP contribution in [-0.4, -0.2) is 59.2 Å². The number of aryl methyl sites for hydroxylation is 1. The van der Waals surface area contributed by atoms with Crippen molar-refractivity contribution in [1.82, 2.24) is 20.0 Å². The molecule has 1 fully saturated rings. The lowest BCUT2D eigenvalue weighted by atomic mass is 10.1. The monoisotopic (exact) mass is 486 g/mol. The Kier molecular flexibility index (Phi) is 6.77. The van der Waals surface area contributed by atoms with Gasteiger partial charge in [-0.1, -0.05) is 24.3 Å². The van der Waals surface area contributed by atoms with Gasteiger partial charge in [-0.05, 0) is 60.5 Å². The summed E-state index contributed by atoms with van der Waals surface area (Å²) < 4.78 is 24.8. The van der Waals surface area contributed by atoms with Crippen LogP contribution in [0.1, 0.15) is 21.5 Å². The average Bonchev–Trinajstić information content (AvgIpc) is 3.39. The van der Waals surface area contributed by atoms with Crippen LogP contribution in [0.2, 0.25) is 0 Å². The molecule has 0 aliphatic carbocycles. The van der Waals surface area contributed by atoms with Crippen LogP contribution >= 0.6 is 0 Å². The highest BCUT2D eigenvalue weighted by Gasteiger charge is 2.23. The van der Waals surface area contributed by atoms with Gasteiger partial charge in [-0.15, -0.1) is 10.2 Å². The minimum atomic E-state index is -0.362. The highest BCUT2D eigenvalue weighted by molar-refractivity contribution is 5.94. The van der Waals surface area contributed by atoms with E-state index in [-0.39, 0.29) is 17.5 Å². The van der Waals surface area contributed by atoms with Gasteiger partial charge in [0.05, 0.1) is 7.11 Å². The quantitative estimate of drug-likeness (QED) is 0.389. The smallest absolute Gasteiger partial charge is 0.253 e. The van der Waals surface area contributed by atoms with E-state index in [1.165, 1.54) is 13.2 Å².